The number of imidazole rings is 1. The molecule has 1 aromatic heterocycles. The molecule has 0 fully saturated rings. The summed E-state index contributed by atoms with van der Waals surface area (Å²) in [6.45, 7) is 1.71. The molecule has 0 radical (unpaired) electrons. The van der Waals surface area contributed by atoms with Crippen molar-refractivity contribution in [2.45, 2.75) is 11.9 Å². The second-order valence-corrected chi connectivity index (χ2v) is 6.08. The summed E-state index contributed by atoms with van der Waals surface area (Å²) in [5.41, 5.74) is 6.12. The minimum atomic E-state index is -3.81. The van der Waals surface area contributed by atoms with Gasteiger partial charge in [-0.1, -0.05) is 17.7 Å². The summed E-state index contributed by atoms with van der Waals surface area (Å²) in [7, 11) is -2.09. The summed E-state index contributed by atoms with van der Waals surface area (Å²) in [4.78, 5) is 3.97. The smallest absolute Gasteiger partial charge is 0.281 e. The van der Waals surface area contributed by atoms with Gasteiger partial charge in [0, 0.05) is 13.2 Å². The molecular weight excluding hydrogens is 288 g/mol. The van der Waals surface area contributed by atoms with Crippen LogP contribution in [0.25, 0.3) is 0 Å². The first-order valence-corrected chi connectivity index (χ1v) is 7.24. The van der Waals surface area contributed by atoms with Gasteiger partial charge in [-0.2, -0.15) is 8.42 Å². The number of anilines is 2. The fourth-order valence-electron chi connectivity index (χ4n) is 1.49. The number of para-hydroxylation sites is 1. The van der Waals surface area contributed by atoms with Crippen molar-refractivity contribution in [1.29, 1.82) is 0 Å². The fourth-order valence-corrected chi connectivity index (χ4v) is 2.93. The summed E-state index contributed by atoms with van der Waals surface area (Å²) < 4.78 is 28.3. The highest BCUT2D eigenvalue weighted by molar-refractivity contribution is 7.92. The first-order valence-electron chi connectivity index (χ1n) is 5.38. The van der Waals surface area contributed by atoms with E-state index in [1.54, 1.807) is 36.7 Å². The van der Waals surface area contributed by atoms with Crippen molar-refractivity contribution in [1.82, 2.24) is 9.55 Å². The van der Waals surface area contributed by atoms with Crippen LogP contribution in [-0.2, 0) is 17.1 Å². The molecule has 1 heterocycles. The molecule has 8 heteroatoms. The first-order chi connectivity index (χ1) is 8.81. The minimum absolute atomic E-state index is 0.0770. The number of nitrogens with two attached hydrogens (primary N) is 1. The van der Waals surface area contributed by atoms with Crippen LogP contribution in [0.15, 0.2) is 29.4 Å². The van der Waals surface area contributed by atoms with Crippen LogP contribution in [0.1, 0.15) is 5.82 Å². The van der Waals surface area contributed by atoms with Crippen LogP contribution < -0.4 is 10.5 Å². The van der Waals surface area contributed by atoms with Crippen molar-refractivity contribution < 1.29 is 8.42 Å². The number of hydrogen-bond donors (Lipinski definition) is 2. The SMILES string of the molecule is Cc1nc(S(=O)(=O)Nc2c(N)cccc2Cl)cn1C. The Balaban J connectivity index is 2.42. The van der Waals surface area contributed by atoms with Crippen LogP contribution in [0, 0.1) is 6.92 Å². The maximum absolute atomic E-state index is 12.2. The van der Waals surface area contributed by atoms with Crippen molar-refractivity contribution in [3.05, 3.63) is 35.2 Å². The van der Waals surface area contributed by atoms with Gasteiger partial charge in [0.15, 0.2) is 5.03 Å². The molecule has 0 bridgehead atoms. The van der Waals surface area contributed by atoms with Gasteiger partial charge in [0.1, 0.15) is 5.82 Å². The second-order valence-electron chi connectivity index (χ2n) is 4.05. The molecule has 19 heavy (non-hydrogen) atoms. The minimum Gasteiger partial charge on any atom is -0.397 e. The average molecular weight is 301 g/mol. The lowest BCUT2D eigenvalue weighted by molar-refractivity contribution is 0.598. The molecule has 0 atom stereocenters. The van der Waals surface area contributed by atoms with Crippen molar-refractivity contribution >= 4 is 33.0 Å². The Morgan fingerprint density at radius 3 is 2.63 bits per heavy atom. The predicted octanol–water partition coefficient (Wildman–Crippen LogP) is 1.76. The highest BCUT2D eigenvalue weighted by Crippen LogP contribution is 2.29. The first kappa shape index (κ1) is 13.7. The van der Waals surface area contributed by atoms with Gasteiger partial charge in [-0.15, -0.1) is 0 Å². The van der Waals surface area contributed by atoms with E-state index in [-0.39, 0.29) is 21.4 Å². The topological polar surface area (TPSA) is 90.0 Å². The lowest BCUT2D eigenvalue weighted by atomic mass is 10.3. The number of nitrogens with zero attached hydrogens (tertiary/aromatic N) is 2. The number of benzene rings is 1. The molecule has 6 nitrogen and oxygen atoms in total. The van der Waals surface area contributed by atoms with Gasteiger partial charge in [0.25, 0.3) is 10.0 Å². The number of halogens is 1. The Kier molecular flexibility index (Phi) is 3.42. The van der Waals surface area contributed by atoms with Gasteiger partial charge >= 0.3 is 0 Å². The number of aromatic nitrogens is 2. The van der Waals surface area contributed by atoms with Gasteiger partial charge in [-0.05, 0) is 19.1 Å². The van der Waals surface area contributed by atoms with Gasteiger partial charge in [0.2, 0.25) is 0 Å². The van der Waals surface area contributed by atoms with E-state index >= 15 is 0 Å². The number of nitrogens with one attached hydrogen (secondary N) is 1. The summed E-state index contributed by atoms with van der Waals surface area (Å²) in [5.74, 6) is 0.590. The van der Waals surface area contributed by atoms with E-state index in [1.165, 1.54) is 6.20 Å². The van der Waals surface area contributed by atoms with Crippen molar-refractivity contribution in [2.75, 3.05) is 10.5 Å². The van der Waals surface area contributed by atoms with Crippen LogP contribution in [0.3, 0.4) is 0 Å². The van der Waals surface area contributed by atoms with Crippen LogP contribution in [0.2, 0.25) is 5.02 Å². The molecule has 0 aliphatic carbocycles. The summed E-state index contributed by atoms with van der Waals surface area (Å²) in [5, 5.41) is 0.156. The molecule has 0 spiro atoms. The molecule has 2 aromatic rings. The number of sulfonamides is 1. The lowest BCUT2D eigenvalue weighted by Crippen LogP contribution is -2.15. The zero-order chi connectivity index (χ0) is 14.2. The van der Waals surface area contributed by atoms with Crippen LogP contribution in [0.5, 0.6) is 0 Å². The fraction of sp³-hybridized carbons (Fsp3) is 0.182. The van der Waals surface area contributed by atoms with Crippen molar-refractivity contribution in [3.63, 3.8) is 0 Å². The molecule has 0 amide bonds. The standard InChI is InChI=1S/C11H13ClN4O2S/c1-7-14-10(6-16(7)2)19(17,18)15-11-8(12)4-3-5-9(11)13/h3-6,15H,13H2,1-2H3. The van der Waals surface area contributed by atoms with Crippen molar-refractivity contribution in [2.24, 2.45) is 7.05 Å². The van der Waals surface area contributed by atoms with Gasteiger partial charge in [-0.25, -0.2) is 4.98 Å². The molecule has 3 N–H and O–H groups in total. The number of rotatable bonds is 3. The number of aryl methyl sites for hydroxylation is 2. The summed E-state index contributed by atoms with van der Waals surface area (Å²) in [6, 6.07) is 4.76. The predicted molar refractivity (Wildman–Crippen MR) is 74.6 cm³/mol. The van der Waals surface area contributed by atoms with E-state index in [4.69, 9.17) is 17.3 Å². The zero-order valence-electron chi connectivity index (χ0n) is 10.4. The Morgan fingerprint density at radius 1 is 1.42 bits per heavy atom. The van der Waals surface area contributed by atoms with E-state index in [0.29, 0.717) is 5.82 Å². The van der Waals surface area contributed by atoms with Crippen molar-refractivity contribution in [3.8, 4) is 0 Å². The van der Waals surface area contributed by atoms with E-state index in [2.05, 4.69) is 9.71 Å². The molecule has 0 saturated carbocycles. The molecule has 0 aliphatic rings. The molecule has 102 valence electrons. The summed E-state index contributed by atoms with van der Waals surface area (Å²) in [6.07, 6.45) is 1.42. The molecule has 0 saturated heterocycles. The van der Waals surface area contributed by atoms with E-state index in [0.717, 1.165) is 0 Å². The highest BCUT2D eigenvalue weighted by atomic mass is 35.5. The Bertz CT molecular complexity index is 685. The zero-order valence-corrected chi connectivity index (χ0v) is 12.0. The number of hydrogen-bond acceptors (Lipinski definition) is 4. The molecule has 2 rings (SSSR count). The number of nitrogen functional groups attached to an aromatic ring is 1. The Labute approximate surface area is 116 Å². The van der Waals surface area contributed by atoms with Crippen LogP contribution in [0.4, 0.5) is 11.4 Å². The van der Waals surface area contributed by atoms with E-state index in [1.807, 2.05) is 0 Å². The third-order valence-electron chi connectivity index (χ3n) is 2.64. The van der Waals surface area contributed by atoms with Crippen LogP contribution in [-0.4, -0.2) is 18.0 Å². The molecule has 0 unspecified atom stereocenters. The largest absolute Gasteiger partial charge is 0.397 e. The third-order valence-corrected chi connectivity index (χ3v) is 4.18. The Morgan fingerprint density at radius 2 is 2.11 bits per heavy atom. The quantitative estimate of drug-likeness (QED) is 0.845. The second kappa shape index (κ2) is 4.75. The molecule has 1 aromatic carbocycles. The van der Waals surface area contributed by atoms with Gasteiger partial charge < -0.3 is 10.3 Å². The average Bonchev–Trinajstić information content (AvgIpc) is 2.66. The summed E-state index contributed by atoms with van der Waals surface area (Å²) >= 11 is 5.93. The van der Waals surface area contributed by atoms with E-state index in [9.17, 15) is 8.42 Å². The lowest BCUT2D eigenvalue weighted by Gasteiger charge is -2.10. The molecule has 0 aliphatic heterocycles. The highest BCUT2D eigenvalue weighted by Gasteiger charge is 2.20. The monoisotopic (exact) mass is 300 g/mol. The molecular formula is C11H13ClN4O2S. The normalized spacial score (nSPS) is 11.5. The Hall–Kier alpha value is -1.73. The third kappa shape index (κ3) is 2.66. The van der Waals surface area contributed by atoms with Gasteiger partial charge in [0.05, 0.1) is 16.4 Å². The van der Waals surface area contributed by atoms with Gasteiger partial charge in [-0.3, -0.25) is 4.72 Å². The maximum atomic E-state index is 12.2. The maximum Gasteiger partial charge on any atom is 0.281 e. The van der Waals surface area contributed by atoms with Crippen LogP contribution >= 0.6 is 11.6 Å². The van der Waals surface area contributed by atoms with E-state index < -0.39 is 10.0 Å².